The molecular weight excluding hydrogens is 285 g/mol. The number of aromatic nitrogens is 2. The predicted molar refractivity (Wildman–Crippen MR) is 80.3 cm³/mol. The second-order valence-corrected chi connectivity index (χ2v) is 4.81. The van der Waals surface area contributed by atoms with E-state index in [1.54, 1.807) is 19.1 Å². The summed E-state index contributed by atoms with van der Waals surface area (Å²) in [5, 5.41) is 13.4. The van der Waals surface area contributed by atoms with Crippen molar-refractivity contribution in [2.24, 2.45) is 0 Å². The van der Waals surface area contributed by atoms with Gasteiger partial charge in [-0.05, 0) is 43.3 Å². The van der Waals surface area contributed by atoms with Crippen molar-refractivity contribution >= 4 is 22.5 Å². The van der Waals surface area contributed by atoms with Gasteiger partial charge in [0.2, 0.25) is 0 Å². The van der Waals surface area contributed by atoms with Crippen molar-refractivity contribution in [1.29, 1.82) is 0 Å². The molecule has 0 aliphatic rings. The second kappa shape index (κ2) is 5.40. The Bertz CT molecular complexity index is 863. The first-order chi connectivity index (χ1) is 10.5. The van der Waals surface area contributed by atoms with Crippen molar-refractivity contribution in [2.45, 2.75) is 6.92 Å². The first-order valence-corrected chi connectivity index (χ1v) is 6.57. The number of amides is 1. The number of halogens is 1. The maximum absolute atomic E-state index is 12.9. The molecule has 0 radical (unpaired) electrons. The number of aryl methyl sites for hydroxylation is 1. The highest BCUT2D eigenvalue weighted by atomic mass is 19.1. The van der Waals surface area contributed by atoms with E-state index < -0.39 is 11.7 Å². The summed E-state index contributed by atoms with van der Waals surface area (Å²) in [5.41, 5.74) is 1.32. The quantitative estimate of drug-likeness (QED) is 0.762. The molecule has 0 spiro atoms. The van der Waals surface area contributed by atoms with Gasteiger partial charge >= 0.3 is 0 Å². The van der Waals surface area contributed by atoms with Crippen molar-refractivity contribution < 1.29 is 14.3 Å². The molecule has 0 saturated heterocycles. The summed E-state index contributed by atoms with van der Waals surface area (Å²) < 4.78 is 12.9. The highest BCUT2D eigenvalue weighted by Crippen LogP contribution is 2.26. The number of nitrogens with one attached hydrogen (secondary N) is 1. The monoisotopic (exact) mass is 297 g/mol. The van der Waals surface area contributed by atoms with Gasteiger partial charge < -0.3 is 10.4 Å². The van der Waals surface area contributed by atoms with Gasteiger partial charge in [-0.2, -0.15) is 0 Å². The molecule has 22 heavy (non-hydrogen) atoms. The zero-order valence-corrected chi connectivity index (χ0v) is 11.7. The highest BCUT2D eigenvalue weighted by molar-refractivity contribution is 6.07. The molecule has 0 aliphatic heterocycles. The SMILES string of the molecule is Cc1ccc2cnc(C(=O)Nc3ccc(F)cc3)c(O)c2n1. The van der Waals surface area contributed by atoms with Gasteiger partial charge in [0.15, 0.2) is 11.4 Å². The Labute approximate surface area is 125 Å². The lowest BCUT2D eigenvalue weighted by Gasteiger charge is -2.08. The van der Waals surface area contributed by atoms with Crippen molar-refractivity contribution in [1.82, 2.24) is 9.97 Å². The van der Waals surface area contributed by atoms with Crippen LogP contribution in [0.25, 0.3) is 10.9 Å². The molecule has 0 atom stereocenters. The maximum atomic E-state index is 12.9. The van der Waals surface area contributed by atoms with Gasteiger partial charge in [0.1, 0.15) is 11.3 Å². The fourth-order valence-electron chi connectivity index (χ4n) is 2.06. The van der Waals surface area contributed by atoms with Crippen LogP contribution in [0, 0.1) is 12.7 Å². The normalized spacial score (nSPS) is 10.6. The molecular formula is C16H12FN3O2. The lowest BCUT2D eigenvalue weighted by molar-refractivity contribution is 0.101. The molecule has 110 valence electrons. The van der Waals surface area contributed by atoms with E-state index in [1.165, 1.54) is 30.5 Å². The number of rotatable bonds is 2. The number of carbonyl (C=O) groups is 1. The van der Waals surface area contributed by atoms with Crippen LogP contribution in [-0.2, 0) is 0 Å². The standard InChI is InChI=1S/C16H12FN3O2/c1-9-2-3-10-8-18-14(15(21)13(10)19-9)16(22)20-12-6-4-11(17)5-7-12/h2-8,21H,1H3,(H,20,22). The molecule has 3 aromatic rings. The van der Waals surface area contributed by atoms with Crippen LogP contribution in [-0.4, -0.2) is 21.0 Å². The molecule has 0 saturated carbocycles. The first-order valence-electron chi connectivity index (χ1n) is 6.57. The number of pyridine rings is 2. The molecule has 2 heterocycles. The summed E-state index contributed by atoms with van der Waals surface area (Å²) in [6, 6.07) is 8.87. The van der Waals surface area contributed by atoms with E-state index in [1.807, 2.05) is 0 Å². The van der Waals surface area contributed by atoms with E-state index >= 15 is 0 Å². The topological polar surface area (TPSA) is 75.1 Å². The smallest absolute Gasteiger partial charge is 0.278 e. The van der Waals surface area contributed by atoms with Crippen LogP contribution in [0.5, 0.6) is 5.75 Å². The molecule has 6 heteroatoms. The van der Waals surface area contributed by atoms with Crippen LogP contribution in [0.1, 0.15) is 16.2 Å². The molecule has 5 nitrogen and oxygen atoms in total. The average Bonchev–Trinajstić information content (AvgIpc) is 2.50. The van der Waals surface area contributed by atoms with E-state index in [-0.39, 0.29) is 11.4 Å². The molecule has 1 amide bonds. The minimum atomic E-state index is -0.589. The summed E-state index contributed by atoms with van der Waals surface area (Å²) in [7, 11) is 0. The van der Waals surface area contributed by atoms with Crippen LogP contribution in [0.4, 0.5) is 10.1 Å². The number of nitrogens with zero attached hydrogens (tertiary/aromatic N) is 2. The van der Waals surface area contributed by atoms with Gasteiger partial charge in [-0.3, -0.25) is 4.79 Å². The Hall–Kier alpha value is -3.02. The molecule has 2 N–H and O–H groups in total. The Morgan fingerprint density at radius 2 is 1.91 bits per heavy atom. The van der Waals surface area contributed by atoms with Gasteiger partial charge in [-0.25, -0.2) is 14.4 Å². The first kappa shape index (κ1) is 13.9. The Kier molecular flexibility index (Phi) is 3.42. The Morgan fingerprint density at radius 3 is 2.64 bits per heavy atom. The van der Waals surface area contributed by atoms with Crippen molar-refractivity contribution in [3.05, 3.63) is 59.8 Å². The third-order valence-electron chi connectivity index (χ3n) is 3.16. The van der Waals surface area contributed by atoms with Crippen LogP contribution in [0.3, 0.4) is 0 Å². The number of anilines is 1. The summed E-state index contributed by atoms with van der Waals surface area (Å²) in [5.74, 6) is -1.26. The lowest BCUT2D eigenvalue weighted by atomic mass is 10.2. The van der Waals surface area contributed by atoms with Crippen molar-refractivity contribution in [2.75, 3.05) is 5.32 Å². The lowest BCUT2D eigenvalue weighted by Crippen LogP contribution is -2.14. The zero-order valence-electron chi connectivity index (χ0n) is 11.7. The summed E-state index contributed by atoms with van der Waals surface area (Å²) in [4.78, 5) is 20.4. The van der Waals surface area contributed by atoms with Gasteiger partial charge in [0, 0.05) is 23.0 Å². The number of benzene rings is 1. The van der Waals surface area contributed by atoms with Crippen molar-refractivity contribution in [3.63, 3.8) is 0 Å². The number of carbonyl (C=O) groups excluding carboxylic acids is 1. The zero-order chi connectivity index (χ0) is 15.7. The summed E-state index contributed by atoms with van der Waals surface area (Å²) in [6.07, 6.45) is 1.47. The highest BCUT2D eigenvalue weighted by Gasteiger charge is 2.17. The number of hydrogen-bond acceptors (Lipinski definition) is 4. The van der Waals surface area contributed by atoms with Crippen molar-refractivity contribution in [3.8, 4) is 5.75 Å². The number of hydrogen-bond donors (Lipinski definition) is 2. The predicted octanol–water partition coefficient (Wildman–Crippen LogP) is 3.04. The van der Waals surface area contributed by atoms with E-state index in [0.717, 1.165) is 5.69 Å². The molecule has 3 rings (SSSR count). The average molecular weight is 297 g/mol. The van der Waals surface area contributed by atoms with Gasteiger partial charge in [-0.15, -0.1) is 0 Å². The summed E-state index contributed by atoms with van der Waals surface area (Å²) in [6.45, 7) is 1.79. The molecule has 1 aromatic carbocycles. The van der Waals surface area contributed by atoms with Crippen LogP contribution in [0.2, 0.25) is 0 Å². The summed E-state index contributed by atoms with van der Waals surface area (Å²) >= 11 is 0. The van der Waals surface area contributed by atoms with E-state index in [2.05, 4.69) is 15.3 Å². The Balaban J connectivity index is 1.97. The molecule has 0 bridgehead atoms. The van der Waals surface area contributed by atoms with Gasteiger partial charge in [0.05, 0.1) is 0 Å². The minimum Gasteiger partial charge on any atom is -0.504 e. The number of fused-ring (bicyclic) bond motifs is 1. The molecule has 0 fully saturated rings. The molecule has 0 unspecified atom stereocenters. The fraction of sp³-hybridized carbons (Fsp3) is 0.0625. The third kappa shape index (κ3) is 2.58. The minimum absolute atomic E-state index is 0.130. The second-order valence-electron chi connectivity index (χ2n) is 4.81. The van der Waals surface area contributed by atoms with Crippen LogP contribution in [0.15, 0.2) is 42.6 Å². The van der Waals surface area contributed by atoms with E-state index in [0.29, 0.717) is 16.6 Å². The largest absolute Gasteiger partial charge is 0.504 e. The van der Waals surface area contributed by atoms with E-state index in [9.17, 15) is 14.3 Å². The Morgan fingerprint density at radius 1 is 1.18 bits per heavy atom. The fourth-order valence-corrected chi connectivity index (χ4v) is 2.06. The number of aromatic hydroxyl groups is 1. The van der Waals surface area contributed by atoms with Crippen LogP contribution < -0.4 is 5.32 Å². The van der Waals surface area contributed by atoms with Crippen LogP contribution >= 0.6 is 0 Å². The third-order valence-corrected chi connectivity index (χ3v) is 3.16. The van der Waals surface area contributed by atoms with Gasteiger partial charge in [0.25, 0.3) is 5.91 Å². The molecule has 2 aromatic heterocycles. The maximum Gasteiger partial charge on any atom is 0.278 e. The van der Waals surface area contributed by atoms with Gasteiger partial charge in [-0.1, -0.05) is 0 Å². The molecule has 0 aliphatic carbocycles. The van der Waals surface area contributed by atoms with E-state index in [4.69, 9.17) is 0 Å².